The minimum absolute atomic E-state index is 0.0952. The first-order valence-electron chi connectivity index (χ1n) is 8.85. The van der Waals surface area contributed by atoms with Crippen LogP contribution >= 0.6 is 0 Å². The second-order valence-electron chi connectivity index (χ2n) is 7.00. The molecule has 3 rings (SSSR count). The minimum Gasteiger partial charge on any atom is -0.346 e. The molecule has 0 bridgehead atoms. The largest absolute Gasteiger partial charge is 0.346 e. The Morgan fingerprint density at radius 2 is 1.92 bits per heavy atom. The molecule has 0 saturated carbocycles. The predicted molar refractivity (Wildman–Crippen MR) is 101 cm³/mol. The van der Waals surface area contributed by atoms with Gasteiger partial charge in [-0.3, -0.25) is 4.79 Å². The van der Waals surface area contributed by atoms with Crippen LogP contribution in [0.4, 0.5) is 0 Å². The maximum Gasteiger partial charge on any atom is 0.251 e. The molecule has 1 aromatic carbocycles. The number of carbonyl (C=O) groups is 1. The summed E-state index contributed by atoms with van der Waals surface area (Å²) in [6, 6.07) is 9.51. The number of carbonyl (C=O) groups excluding carboxylic acids is 1. The summed E-state index contributed by atoms with van der Waals surface area (Å²) < 4.78 is 3.96. The molecule has 0 fully saturated rings. The van der Waals surface area contributed by atoms with Gasteiger partial charge < -0.3 is 9.88 Å². The van der Waals surface area contributed by atoms with E-state index in [1.54, 1.807) is 6.20 Å². The quantitative estimate of drug-likeness (QED) is 0.741. The molecule has 1 amide bonds. The molecule has 136 valence electrons. The molecule has 26 heavy (non-hydrogen) atoms. The van der Waals surface area contributed by atoms with Gasteiger partial charge in [-0.2, -0.15) is 5.10 Å². The summed E-state index contributed by atoms with van der Waals surface area (Å²) in [7, 11) is 0. The Hall–Kier alpha value is -2.89. The Labute approximate surface area is 153 Å². The molecular weight excluding hydrogens is 326 g/mol. The lowest BCUT2D eigenvalue weighted by Crippen LogP contribution is -2.24. The van der Waals surface area contributed by atoms with E-state index in [1.165, 1.54) is 0 Å². The van der Waals surface area contributed by atoms with Crippen LogP contribution < -0.4 is 5.32 Å². The number of hydrogen-bond donors (Lipinski definition) is 1. The average molecular weight is 351 g/mol. The van der Waals surface area contributed by atoms with Crippen molar-refractivity contribution in [2.24, 2.45) is 5.92 Å². The molecule has 0 atom stereocenters. The molecule has 0 aliphatic rings. The van der Waals surface area contributed by atoms with Crippen LogP contribution in [0.2, 0.25) is 0 Å². The monoisotopic (exact) mass is 351 g/mol. The number of hydrogen-bond acceptors (Lipinski definition) is 3. The van der Waals surface area contributed by atoms with Gasteiger partial charge >= 0.3 is 0 Å². The summed E-state index contributed by atoms with van der Waals surface area (Å²) in [5, 5.41) is 7.43. The summed E-state index contributed by atoms with van der Waals surface area (Å²) in [4.78, 5) is 16.6. The van der Waals surface area contributed by atoms with Crippen LogP contribution in [0, 0.1) is 19.8 Å². The van der Waals surface area contributed by atoms with Crippen molar-refractivity contribution in [1.29, 1.82) is 0 Å². The first-order chi connectivity index (χ1) is 12.4. The topological polar surface area (TPSA) is 64.7 Å². The van der Waals surface area contributed by atoms with E-state index in [0.717, 1.165) is 29.3 Å². The highest BCUT2D eigenvalue weighted by Crippen LogP contribution is 2.13. The Morgan fingerprint density at radius 3 is 2.54 bits per heavy atom. The number of imidazole rings is 1. The third-order valence-electron chi connectivity index (χ3n) is 4.17. The predicted octanol–water partition coefficient (Wildman–Crippen LogP) is 3.27. The molecule has 0 saturated heterocycles. The fraction of sp³-hybridized carbons (Fsp3) is 0.350. The van der Waals surface area contributed by atoms with Crippen molar-refractivity contribution in [3.63, 3.8) is 0 Å². The number of benzene rings is 1. The Bertz CT molecular complexity index is 889. The van der Waals surface area contributed by atoms with Crippen LogP contribution in [-0.4, -0.2) is 25.2 Å². The van der Waals surface area contributed by atoms with E-state index >= 15 is 0 Å². The van der Waals surface area contributed by atoms with Crippen molar-refractivity contribution in [1.82, 2.24) is 24.6 Å². The number of aromatic nitrogens is 4. The molecule has 6 nitrogen and oxygen atoms in total. The standard InChI is InChI=1S/C20H25N5O/c1-14(2)12-24-13-21-10-19(24)11-22-20(26)17-5-7-18(8-6-17)25-16(4)9-15(3)23-25/h5-10,13-14H,11-12H2,1-4H3,(H,22,26). The van der Waals surface area contributed by atoms with E-state index in [1.807, 2.05) is 55.2 Å². The molecule has 2 heterocycles. The van der Waals surface area contributed by atoms with Crippen molar-refractivity contribution in [2.45, 2.75) is 40.8 Å². The third kappa shape index (κ3) is 4.02. The van der Waals surface area contributed by atoms with Gasteiger partial charge in [0, 0.05) is 24.0 Å². The minimum atomic E-state index is -0.0952. The zero-order valence-corrected chi connectivity index (χ0v) is 15.7. The molecule has 1 N–H and O–H groups in total. The maximum atomic E-state index is 12.4. The van der Waals surface area contributed by atoms with Gasteiger partial charge in [0.2, 0.25) is 0 Å². The summed E-state index contributed by atoms with van der Waals surface area (Å²) in [5.41, 5.74) is 4.62. The molecule has 3 aromatic rings. The lowest BCUT2D eigenvalue weighted by atomic mass is 10.2. The number of aryl methyl sites for hydroxylation is 2. The van der Waals surface area contributed by atoms with Gasteiger partial charge in [-0.05, 0) is 50.1 Å². The van der Waals surface area contributed by atoms with Crippen molar-refractivity contribution < 1.29 is 4.79 Å². The zero-order valence-electron chi connectivity index (χ0n) is 15.7. The second-order valence-corrected chi connectivity index (χ2v) is 7.00. The van der Waals surface area contributed by atoms with Crippen LogP contribution in [0.3, 0.4) is 0 Å². The lowest BCUT2D eigenvalue weighted by molar-refractivity contribution is 0.0950. The van der Waals surface area contributed by atoms with Crippen molar-refractivity contribution in [3.8, 4) is 5.69 Å². The van der Waals surface area contributed by atoms with Crippen molar-refractivity contribution >= 4 is 5.91 Å². The fourth-order valence-corrected chi connectivity index (χ4v) is 2.97. The molecule has 0 radical (unpaired) electrons. The first kappa shape index (κ1) is 17.9. The summed E-state index contributed by atoms with van der Waals surface area (Å²) in [5.74, 6) is 0.433. The van der Waals surface area contributed by atoms with Gasteiger partial charge in [0.1, 0.15) is 0 Å². The van der Waals surface area contributed by atoms with Gasteiger partial charge in [-0.1, -0.05) is 13.8 Å². The highest BCUT2D eigenvalue weighted by Gasteiger charge is 2.10. The Balaban J connectivity index is 1.65. The van der Waals surface area contributed by atoms with E-state index in [0.29, 0.717) is 18.0 Å². The summed E-state index contributed by atoms with van der Waals surface area (Å²) >= 11 is 0. The van der Waals surface area contributed by atoms with Gasteiger partial charge in [0.15, 0.2) is 0 Å². The molecule has 0 spiro atoms. The summed E-state index contributed by atoms with van der Waals surface area (Å²) in [6.07, 6.45) is 3.61. The van der Waals surface area contributed by atoms with Crippen LogP contribution in [0.1, 0.15) is 41.3 Å². The van der Waals surface area contributed by atoms with Gasteiger partial charge in [-0.15, -0.1) is 0 Å². The summed E-state index contributed by atoms with van der Waals surface area (Å²) in [6.45, 7) is 9.66. The van der Waals surface area contributed by atoms with Crippen LogP contribution in [0.25, 0.3) is 5.69 Å². The lowest BCUT2D eigenvalue weighted by Gasteiger charge is -2.11. The normalized spacial score (nSPS) is 11.1. The van der Waals surface area contributed by atoms with E-state index in [2.05, 4.69) is 33.8 Å². The molecule has 0 aliphatic carbocycles. The zero-order chi connectivity index (χ0) is 18.7. The molecule has 0 unspecified atom stereocenters. The van der Waals surface area contributed by atoms with Crippen LogP contribution in [0.5, 0.6) is 0 Å². The molecule has 6 heteroatoms. The number of amides is 1. The fourth-order valence-electron chi connectivity index (χ4n) is 2.97. The number of nitrogens with one attached hydrogen (secondary N) is 1. The van der Waals surface area contributed by atoms with E-state index < -0.39 is 0 Å². The van der Waals surface area contributed by atoms with Crippen molar-refractivity contribution in [3.05, 3.63) is 65.5 Å². The highest BCUT2D eigenvalue weighted by atomic mass is 16.1. The number of nitrogens with zero attached hydrogens (tertiary/aromatic N) is 4. The van der Waals surface area contributed by atoms with E-state index in [-0.39, 0.29) is 5.91 Å². The van der Waals surface area contributed by atoms with Gasteiger partial charge in [0.05, 0.1) is 29.9 Å². The highest BCUT2D eigenvalue weighted by molar-refractivity contribution is 5.94. The van der Waals surface area contributed by atoms with Gasteiger partial charge in [-0.25, -0.2) is 9.67 Å². The average Bonchev–Trinajstić information content (AvgIpc) is 3.18. The first-order valence-corrected chi connectivity index (χ1v) is 8.85. The van der Waals surface area contributed by atoms with Crippen LogP contribution in [-0.2, 0) is 13.1 Å². The molecule has 2 aromatic heterocycles. The Morgan fingerprint density at radius 1 is 1.19 bits per heavy atom. The Kier molecular flexibility index (Phi) is 5.21. The van der Waals surface area contributed by atoms with E-state index in [9.17, 15) is 4.79 Å². The SMILES string of the molecule is Cc1cc(C)n(-c2ccc(C(=O)NCc3cncn3CC(C)C)cc2)n1. The molecular formula is C20H25N5O. The molecule has 0 aliphatic heterocycles. The van der Waals surface area contributed by atoms with Crippen LogP contribution in [0.15, 0.2) is 42.9 Å². The third-order valence-corrected chi connectivity index (χ3v) is 4.17. The van der Waals surface area contributed by atoms with Crippen molar-refractivity contribution in [2.75, 3.05) is 0 Å². The van der Waals surface area contributed by atoms with E-state index in [4.69, 9.17) is 0 Å². The smallest absolute Gasteiger partial charge is 0.251 e. The second kappa shape index (κ2) is 7.56. The van der Waals surface area contributed by atoms with Gasteiger partial charge in [0.25, 0.3) is 5.91 Å². The number of rotatable bonds is 6. The maximum absolute atomic E-state index is 12.4.